The Hall–Kier alpha value is -2.50. The Morgan fingerprint density at radius 2 is 1.56 bits per heavy atom. The second-order valence-electron chi connectivity index (χ2n) is 5.63. The lowest BCUT2D eigenvalue weighted by Crippen LogP contribution is -2.48. The molecule has 0 N–H and O–H groups in total. The third-order valence-corrected chi connectivity index (χ3v) is 6.02. The molecule has 0 saturated carbocycles. The quantitative estimate of drug-likeness (QED) is 0.840. The molecule has 1 saturated heterocycles. The number of sulfonamides is 1. The van der Waals surface area contributed by atoms with Crippen LogP contribution in [0.4, 0.5) is 14.5 Å². The van der Waals surface area contributed by atoms with Gasteiger partial charge in [-0.3, -0.25) is 0 Å². The summed E-state index contributed by atoms with van der Waals surface area (Å²) in [5, 5.41) is 8.82. The summed E-state index contributed by atoms with van der Waals surface area (Å²) >= 11 is 0. The van der Waals surface area contributed by atoms with Crippen molar-refractivity contribution in [2.75, 3.05) is 31.1 Å². The summed E-state index contributed by atoms with van der Waals surface area (Å²) in [7, 11) is -3.86. The van der Waals surface area contributed by atoms with E-state index in [1.165, 1.54) is 4.31 Å². The normalized spacial score (nSPS) is 15.8. The van der Waals surface area contributed by atoms with Crippen LogP contribution in [0.2, 0.25) is 0 Å². The summed E-state index contributed by atoms with van der Waals surface area (Å²) in [6.45, 7) is 1.41. The van der Waals surface area contributed by atoms with E-state index in [4.69, 9.17) is 5.26 Å². The maximum Gasteiger partial charge on any atom is 0.243 e. The lowest BCUT2D eigenvalue weighted by Gasteiger charge is -2.35. The van der Waals surface area contributed by atoms with E-state index in [0.29, 0.717) is 24.7 Å². The van der Waals surface area contributed by atoms with Crippen molar-refractivity contribution in [3.05, 3.63) is 59.7 Å². The van der Waals surface area contributed by atoms with Gasteiger partial charge in [-0.2, -0.15) is 9.57 Å². The third-order valence-electron chi connectivity index (χ3n) is 4.13. The molecule has 1 aliphatic rings. The SMILES string of the molecule is N#Cc1ccc(N2CCN(S(=O)(=O)c3ccc(F)c(F)c3)CC2)cc1. The fourth-order valence-electron chi connectivity index (χ4n) is 2.72. The Bertz CT molecular complexity index is 916. The Labute approximate surface area is 144 Å². The van der Waals surface area contributed by atoms with Gasteiger partial charge in [0.2, 0.25) is 10.0 Å². The second kappa shape index (κ2) is 6.78. The van der Waals surface area contributed by atoms with E-state index in [1.54, 1.807) is 12.1 Å². The van der Waals surface area contributed by atoms with Crippen LogP contribution in [0.3, 0.4) is 0 Å². The molecule has 2 aromatic carbocycles. The smallest absolute Gasteiger partial charge is 0.243 e. The molecule has 0 radical (unpaired) electrons. The van der Waals surface area contributed by atoms with Crippen LogP contribution in [0.5, 0.6) is 0 Å². The number of nitrogens with zero attached hydrogens (tertiary/aromatic N) is 3. The zero-order valence-electron chi connectivity index (χ0n) is 13.2. The maximum atomic E-state index is 13.3. The summed E-state index contributed by atoms with van der Waals surface area (Å²) in [6, 6.07) is 11.7. The molecule has 0 atom stereocenters. The van der Waals surface area contributed by atoms with Gasteiger partial charge in [0, 0.05) is 31.9 Å². The van der Waals surface area contributed by atoms with Crippen LogP contribution in [0.1, 0.15) is 5.56 Å². The number of benzene rings is 2. The monoisotopic (exact) mass is 363 g/mol. The minimum absolute atomic E-state index is 0.237. The maximum absolute atomic E-state index is 13.3. The molecule has 0 aromatic heterocycles. The average Bonchev–Trinajstić information content (AvgIpc) is 2.64. The van der Waals surface area contributed by atoms with Crippen molar-refractivity contribution in [1.82, 2.24) is 4.31 Å². The van der Waals surface area contributed by atoms with Gasteiger partial charge in [0.05, 0.1) is 16.5 Å². The van der Waals surface area contributed by atoms with E-state index in [0.717, 1.165) is 17.8 Å². The second-order valence-corrected chi connectivity index (χ2v) is 7.56. The van der Waals surface area contributed by atoms with Gasteiger partial charge in [0.25, 0.3) is 0 Å². The largest absolute Gasteiger partial charge is 0.369 e. The fraction of sp³-hybridized carbons (Fsp3) is 0.235. The summed E-state index contributed by atoms with van der Waals surface area (Å²) < 4.78 is 52.7. The van der Waals surface area contributed by atoms with Crippen molar-refractivity contribution in [2.45, 2.75) is 4.90 Å². The highest BCUT2D eigenvalue weighted by Crippen LogP contribution is 2.22. The molecule has 1 fully saturated rings. The first-order chi connectivity index (χ1) is 11.9. The van der Waals surface area contributed by atoms with E-state index >= 15 is 0 Å². The number of hydrogen-bond acceptors (Lipinski definition) is 4. The molecule has 0 aliphatic carbocycles. The molecule has 0 bridgehead atoms. The van der Waals surface area contributed by atoms with Gasteiger partial charge in [-0.15, -0.1) is 0 Å². The minimum Gasteiger partial charge on any atom is -0.369 e. The lowest BCUT2D eigenvalue weighted by molar-refractivity contribution is 0.384. The van der Waals surface area contributed by atoms with E-state index in [2.05, 4.69) is 0 Å². The first-order valence-corrected chi connectivity index (χ1v) is 9.06. The molecule has 25 heavy (non-hydrogen) atoms. The predicted octanol–water partition coefficient (Wildman–Crippen LogP) is 2.35. The molecular formula is C17H15F2N3O2S. The van der Waals surface area contributed by atoms with E-state index < -0.39 is 21.7 Å². The van der Waals surface area contributed by atoms with Gasteiger partial charge in [0.1, 0.15) is 0 Å². The zero-order valence-corrected chi connectivity index (χ0v) is 14.0. The first kappa shape index (κ1) is 17.3. The van der Waals surface area contributed by atoms with Crippen molar-refractivity contribution < 1.29 is 17.2 Å². The fourth-order valence-corrected chi connectivity index (χ4v) is 4.15. The van der Waals surface area contributed by atoms with Crippen LogP contribution < -0.4 is 4.90 Å². The Kier molecular flexibility index (Phi) is 4.70. The standard InChI is InChI=1S/C17H15F2N3O2S/c18-16-6-5-15(11-17(16)19)25(23,24)22-9-7-21(8-10-22)14-3-1-13(12-20)2-4-14/h1-6,11H,7-10H2. The molecule has 3 rings (SSSR count). The Morgan fingerprint density at radius 1 is 0.920 bits per heavy atom. The molecule has 0 spiro atoms. The summed E-state index contributed by atoms with van der Waals surface area (Å²) in [4.78, 5) is 1.76. The molecule has 2 aromatic rings. The van der Waals surface area contributed by atoms with E-state index in [-0.39, 0.29) is 18.0 Å². The van der Waals surface area contributed by atoms with Crippen LogP contribution in [-0.2, 0) is 10.0 Å². The summed E-state index contributed by atoms with van der Waals surface area (Å²) in [6.07, 6.45) is 0. The van der Waals surface area contributed by atoms with Crippen LogP contribution in [0.15, 0.2) is 47.4 Å². The van der Waals surface area contributed by atoms with Gasteiger partial charge < -0.3 is 4.90 Å². The minimum atomic E-state index is -3.86. The number of hydrogen-bond donors (Lipinski definition) is 0. The topological polar surface area (TPSA) is 64.4 Å². The molecule has 5 nitrogen and oxygen atoms in total. The molecule has 0 amide bonds. The van der Waals surface area contributed by atoms with Crippen molar-refractivity contribution >= 4 is 15.7 Å². The van der Waals surface area contributed by atoms with Gasteiger partial charge in [0.15, 0.2) is 11.6 Å². The molecule has 1 heterocycles. The number of halogens is 2. The highest BCUT2D eigenvalue weighted by Gasteiger charge is 2.29. The van der Waals surface area contributed by atoms with Crippen LogP contribution in [0, 0.1) is 23.0 Å². The Balaban J connectivity index is 1.72. The molecule has 8 heteroatoms. The van der Waals surface area contributed by atoms with Crippen molar-refractivity contribution in [2.24, 2.45) is 0 Å². The molecule has 1 aliphatic heterocycles. The van der Waals surface area contributed by atoms with Crippen LogP contribution in [0.25, 0.3) is 0 Å². The molecule has 0 unspecified atom stereocenters. The molecule has 130 valence electrons. The van der Waals surface area contributed by atoms with E-state index in [9.17, 15) is 17.2 Å². The van der Waals surface area contributed by atoms with Crippen molar-refractivity contribution in [3.63, 3.8) is 0 Å². The first-order valence-electron chi connectivity index (χ1n) is 7.62. The summed E-state index contributed by atoms with van der Waals surface area (Å²) in [5.74, 6) is -2.26. The number of piperazine rings is 1. The van der Waals surface area contributed by atoms with Crippen molar-refractivity contribution in [3.8, 4) is 6.07 Å². The van der Waals surface area contributed by atoms with Gasteiger partial charge >= 0.3 is 0 Å². The highest BCUT2D eigenvalue weighted by molar-refractivity contribution is 7.89. The van der Waals surface area contributed by atoms with Gasteiger partial charge in [-0.05, 0) is 42.5 Å². The number of rotatable bonds is 3. The highest BCUT2D eigenvalue weighted by atomic mass is 32.2. The third kappa shape index (κ3) is 3.48. The zero-order chi connectivity index (χ0) is 18.0. The summed E-state index contributed by atoms with van der Waals surface area (Å²) in [5.41, 5.74) is 1.46. The number of anilines is 1. The predicted molar refractivity (Wildman–Crippen MR) is 88.5 cm³/mol. The lowest BCUT2D eigenvalue weighted by atomic mass is 10.2. The van der Waals surface area contributed by atoms with E-state index in [1.807, 2.05) is 23.1 Å². The van der Waals surface area contributed by atoms with Gasteiger partial charge in [-0.1, -0.05) is 0 Å². The molecular weight excluding hydrogens is 348 g/mol. The van der Waals surface area contributed by atoms with Crippen LogP contribution in [-0.4, -0.2) is 38.9 Å². The average molecular weight is 363 g/mol. The number of nitriles is 1. The van der Waals surface area contributed by atoms with Gasteiger partial charge in [-0.25, -0.2) is 17.2 Å². The van der Waals surface area contributed by atoms with Crippen molar-refractivity contribution in [1.29, 1.82) is 5.26 Å². The Morgan fingerprint density at radius 3 is 2.12 bits per heavy atom. The van der Waals surface area contributed by atoms with Crippen LogP contribution >= 0.6 is 0 Å².